The van der Waals surface area contributed by atoms with Crippen molar-refractivity contribution in [3.05, 3.63) is 111 Å². The molecule has 3 heterocycles. The van der Waals surface area contributed by atoms with Crippen LogP contribution in [0.2, 0.25) is 0 Å². The van der Waals surface area contributed by atoms with Crippen LogP contribution >= 0.6 is 0 Å². The van der Waals surface area contributed by atoms with Crippen LogP contribution in [0.3, 0.4) is 0 Å². The van der Waals surface area contributed by atoms with Gasteiger partial charge in [-0.15, -0.1) is 0 Å². The number of Topliss-reactive ketones (excluding diaryl/α,β-unsaturated/α-hetero) is 1. The van der Waals surface area contributed by atoms with Crippen molar-refractivity contribution in [1.29, 1.82) is 0 Å². The van der Waals surface area contributed by atoms with E-state index in [0.717, 1.165) is 62.5 Å². The van der Waals surface area contributed by atoms with E-state index >= 15 is 4.79 Å². The highest BCUT2D eigenvalue weighted by Crippen LogP contribution is 2.64. The number of hydrogen-bond donors (Lipinski definition) is 6. The van der Waals surface area contributed by atoms with E-state index in [0.29, 0.717) is 65.1 Å². The lowest BCUT2D eigenvalue weighted by Crippen LogP contribution is -2.70. The molecule has 12 heteroatoms. The van der Waals surface area contributed by atoms with Gasteiger partial charge in [0, 0.05) is 86.1 Å². The van der Waals surface area contributed by atoms with E-state index in [4.69, 9.17) is 14.2 Å². The molecule has 0 radical (unpaired) electrons. The van der Waals surface area contributed by atoms with Gasteiger partial charge in [-0.3, -0.25) is 9.59 Å². The number of aromatic hydroxyl groups is 1. The third-order valence-electron chi connectivity index (χ3n) is 18.7. The van der Waals surface area contributed by atoms with Gasteiger partial charge in [-0.05, 0) is 133 Å². The second kappa shape index (κ2) is 20.7. The van der Waals surface area contributed by atoms with Crippen LogP contribution in [0.5, 0.6) is 11.5 Å². The Bertz CT molecular complexity index is 2800. The molecule has 392 valence electrons. The van der Waals surface area contributed by atoms with Crippen molar-refractivity contribution in [1.82, 2.24) is 0 Å². The minimum atomic E-state index is -1.64. The molecule has 0 aromatic heterocycles. The number of carbonyl (C=O) groups excluding carboxylic acids is 3. The number of anilines is 1. The summed E-state index contributed by atoms with van der Waals surface area (Å²) in [5.74, 6) is 3.22. The van der Waals surface area contributed by atoms with Gasteiger partial charge in [0.1, 0.15) is 29.0 Å². The second-order valence-corrected chi connectivity index (χ2v) is 23.6. The summed E-state index contributed by atoms with van der Waals surface area (Å²) in [6.07, 6.45) is 12.9. The average molecular weight is 1010 g/mol. The summed E-state index contributed by atoms with van der Waals surface area (Å²) >= 11 is 0. The quantitative estimate of drug-likeness (QED) is 0.0520. The Hall–Kier alpha value is -5.29. The molecule has 12 bridgehead atoms. The zero-order valence-corrected chi connectivity index (χ0v) is 42.9. The monoisotopic (exact) mass is 1010 g/mol. The fourth-order valence-corrected chi connectivity index (χ4v) is 15.3. The van der Waals surface area contributed by atoms with Gasteiger partial charge < -0.3 is 45.1 Å². The maximum atomic E-state index is 15.8. The standard InChI is InChI=1S/C62H73NO11/c1-61(70,19-20-72-2)34-63-45-23-37(33-64)22-42(27-45)39-15-16-40-32-54(67)74-59-49(40)29-43(58(68)55(59)38-11-4-3-5-12-38)31-53-62(71)51-14-7-6-13-47(51)48-18-17-41-30-52(66)50(56(48)57(41)62)25-36-10-8-9-35(21-36)24-46(65)28-44(26-39)60(69)73-53/h8-10,17-18,21-23,27-29,38-41,46-48,50-51,53,56-57,63-65,68,70-71H,3-7,11-14,19-20,24-26,30-34H2,1-2H3/b44-28-/t39-,40+,41+,46-,47-,48+,50+,51-,53+,56-,57+,61+,62+/m0/s1. The molecule has 3 aromatic rings. The highest BCUT2D eigenvalue weighted by molar-refractivity contribution is 5.89. The van der Waals surface area contributed by atoms with E-state index in [1.807, 2.05) is 36.4 Å². The lowest BCUT2D eigenvalue weighted by atomic mass is 9.41. The number of benzene rings is 3. The van der Waals surface area contributed by atoms with Crippen LogP contribution in [0.4, 0.5) is 5.69 Å². The minimum absolute atomic E-state index is 0.0153. The minimum Gasteiger partial charge on any atom is -0.507 e. The largest absolute Gasteiger partial charge is 0.507 e. The van der Waals surface area contributed by atoms with Gasteiger partial charge in [0.05, 0.1) is 30.7 Å². The molecule has 4 fully saturated rings. The highest BCUT2D eigenvalue weighted by Gasteiger charge is 2.68. The van der Waals surface area contributed by atoms with Crippen LogP contribution < -0.4 is 10.1 Å². The van der Waals surface area contributed by atoms with Crippen molar-refractivity contribution in [3.8, 4) is 23.3 Å². The molecule has 0 spiro atoms. The van der Waals surface area contributed by atoms with Crippen molar-refractivity contribution in [3.63, 3.8) is 0 Å². The van der Waals surface area contributed by atoms with Crippen LogP contribution in [0.1, 0.15) is 147 Å². The highest BCUT2D eigenvalue weighted by atomic mass is 16.6. The number of hydrogen-bond acceptors (Lipinski definition) is 12. The molecule has 5 aliphatic carbocycles. The van der Waals surface area contributed by atoms with Gasteiger partial charge in [0.15, 0.2) is 0 Å². The number of phenols is 1. The number of fused-ring (bicyclic) bond motifs is 10. The second-order valence-electron chi connectivity index (χ2n) is 23.6. The topological polar surface area (TPSA) is 192 Å². The number of ether oxygens (including phenoxy) is 3. The van der Waals surface area contributed by atoms with Gasteiger partial charge in [0.25, 0.3) is 0 Å². The fourth-order valence-electron chi connectivity index (χ4n) is 15.3. The summed E-state index contributed by atoms with van der Waals surface area (Å²) in [5, 5.41) is 64.8. The fraction of sp³-hybridized carbons (Fsp3) is 0.565. The van der Waals surface area contributed by atoms with E-state index in [2.05, 4.69) is 35.4 Å². The molecule has 8 aliphatic rings. The molecule has 3 aromatic carbocycles. The van der Waals surface area contributed by atoms with E-state index in [9.17, 15) is 35.1 Å². The molecule has 6 N–H and O–H groups in total. The molecular formula is C62H73NO11. The van der Waals surface area contributed by atoms with Crippen LogP contribution in [0, 0.1) is 53.3 Å². The SMILES string of the molecule is COCC[C@@](C)(O)CNc1cc(CO)cc([C@H]2C#C[C@@H]3CC(=O)Oc4c3cc(c(O)c4C3CCCCC3)C[C@H]3OC(=O)/C(=C\[C@@H](O)Cc4cccc(c4)C[C@@H]4C(=O)C[C@H]5C=C[C@@H]6[C@@H]7CCCC[C@@H]7[C@]3(O)[C@H]5[C@@H]64)C2)c1. The molecule has 11 rings (SSSR count). The van der Waals surface area contributed by atoms with E-state index in [1.165, 1.54) is 0 Å². The van der Waals surface area contributed by atoms with E-state index < -0.39 is 53.1 Å². The lowest BCUT2D eigenvalue weighted by molar-refractivity contribution is -0.247. The normalized spacial score (nSPS) is 34.1. The average Bonchev–Trinajstić information content (AvgIpc) is 3.40. The number of rotatable bonds is 9. The number of aliphatic hydroxyl groups excluding tert-OH is 2. The summed E-state index contributed by atoms with van der Waals surface area (Å²) in [5.41, 5.74) is 2.77. The van der Waals surface area contributed by atoms with Crippen LogP contribution in [0.15, 0.2) is 72.3 Å². The summed E-state index contributed by atoms with van der Waals surface area (Å²) in [6.45, 7) is 1.95. The number of carbonyl (C=O) groups is 3. The number of esters is 2. The Labute approximate surface area is 435 Å². The number of nitrogens with one attached hydrogen (secondary N) is 1. The predicted molar refractivity (Wildman–Crippen MR) is 278 cm³/mol. The van der Waals surface area contributed by atoms with Crippen molar-refractivity contribution in [2.45, 2.75) is 157 Å². The first-order valence-electron chi connectivity index (χ1n) is 27.6. The summed E-state index contributed by atoms with van der Waals surface area (Å²) < 4.78 is 18.5. The van der Waals surface area contributed by atoms with E-state index in [-0.39, 0.29) is 104 Å². The maximum Gasteiger partial charge on any atom is 0.334 e. The zero-order valence-electron chi connectivity index (χ0n) is 42.9. The van der Waals surface area contributed by atoms with Gasteiger partial charge in [-0.1, -0.05) is 86.4 Å². The number of phenolic OH excluding ortho intramolecular Hbond substituents is 1. The third kappa shape index (κ3) is 9.66. The lowest BCUT2D eigenvalue weighted by Gasteiger charge is -2.65. The first-order valence-corrected chi connectivity index (χ1v) is 27.6. The van der Waals surface area contributed by atoms with E-state index in [1.54, 1.807) is 26.2 Å². The van der Waals surface area contributed by atoms with Crippen molar-refractivity contribution in [2.75, 3.05) is 25.6 Å². The van der Waals surface area contributed by atoms with Gasteiger partial charge in [0.2, 0.25) is 0 Å². The predicted octanol–water partition coefficient (Wildman–Crippen LogP) is 8.43. The molecule has 74 heavy (non-hydrogen) atoms. The number of allylic oxidation sites excluding steroid dienone is 2. The first-order chi connectivity index (χ1) is 35.7. The molecular weight excluding hydrogens is 935 g/mol. The van der Waals surface area contributed by atoms with Crippen LogP contribution in [0.25, 0.3) is 0 Å². The maximum absolute atomic E-state index is 15.8. The number of ketones is 1. The zero-order chi connectivity index (χ0) is 51.5. The van der Waals surface area contributed by atoms with Crippen molar-refractivity contribution < 1.29 is 54.1 Å². The number of methoxy groups -OCH3 is 1. The molecule has 13 atom stereocenters. The van der Waals surface area contributed by atoms with Crippen LogP contribution in [-0.2, 0) is 49.7 Å². The molecule has 0 saturated heterocycles. The Morgan fingerprint density at radius 3 is 2.45 bits per heavy atom. The van der Waals surface area contributed by atoms with Gasteiger partial charge in [-0.25, -0.2) is 4.79 Å². The Kier molecular flexibility index (Phi) is 14.2. The summed E-state index contributed by atoms with van der Waals surface area (Å²) in [6, 6.07) is 15.4. The molecule has 0 amide bonds. The molecule has 4 saturated carbocycles. The Balaban J connectivity index is 1.13. The van der Waals surface area contributed by atoms with Crippen molar-refractivity contribution in [2.24, 2.45) is 41.4 Å². The Morgan fingerprint density at radius 1 is 0.878 bits per heavy atom. The van der Waals surface area contributed by atoms with Gasteiger partial charge in [-0.2, -0.15) is 0 Å². The number of aliphatic hydroxyl groups is 4. The third-order valence-corrected chi connectivity index (χ3v) is 18.7. The summed E-state index contributed by atoms with van der Waals surface area (Å²) in [7, 11) is 1.58. The van der Waals surface area contributed by atoms with Crippen LogP contribution in [-0.4, -0.2) is 86.9 Å². The Morgan fingerprint density at radius 2 is 1.65 bits per heavy atom. The van der Waals surface area contributed by atoms with Crippen molar-refractivity contribution >= 4 is 23.4 Å². The smallest absolute Gasteiger partial charge is 0.334 e. The molecule has 12 nitrogen and oxygen atoms in total. The molecule has 0 unspecified atom stereocenters. The summed E-state index contributed by atoms with van der Waals surface area (Å²) in [4.78, 5) is 44.3. The van der Waals surface area contributed by atoms with Gasteiger partial charge >= 0.3 is 11.9 Å². The molecule has 3 aliphatic heterocycles. The first kappa shape index (κ1) is 50.8.